The van der Waals surface area contributed by atoms with Crippen LogP contribution in [0.2, 0.25) is 0 Å². The van der Waals surface area contributed by atoms with Crippen LogP contribution in [-0.2, 0) is 11.3 Å². The first-order chi connectivity index (χ1) is 13.6. The number of carbonyl (C=O) groups is 1. The molecule has 0 aliphatic carbocycles. The van der Waals surface area contributed by atoms with Crippen molar-refractivity contribution in [2.75, 3.05) is 0 Å². The van der Waals surface area contributed by atoms with Gasteiger partial charge in [0.2, 0.25) is 5.91 Å². The van der Waals surface area contributed by atoms with Gasteiger partial charge in [-0.25, -0.2) is 4.79 Å². The summed E-state index contributed by atoms with van der Waals surface area (Å²) in [4.78, 5) is 24.4. The second-order valence-corrected chi connectivity index (χ2v) is 6.95. The zero-order valence-electron chi connectivity index (χ0n) is 15.7. The van der Waals surface area contributed by atoms with E-state index in [1.54, 1.807) is 10.6 Å². The molecule has 0 fully saturated rings. The SMILES string of the molecule is C[C@H](NC(=O)CCCn1c(=O)oc2ccccc21)c1cccc2ccccc12. The van der Waals surface area contributed by atoms with Crippen molar-refractivity contribution in [2.45, 2.75) is 32.4 Å². The first-order valence-corrected chi connectivity index (χ1v) is 9.49. The highest BCUT2D eigenvalue weighted by molar-refractivity contribution is 5.86. The number of para-hydroxylation sites is 2. The maximum Gasteiger partial charge on any atom is 0.419 e. The molecule has 0 saturated carbocycles. The minimum atomic E-state index is -0.384. The normalized spacial score (nSPS) is 12.3. The molecule has 1 aromatic heterocycles. The fraction of sp³-hybridized carbons (Fsp3) is 0.217. The molecular weight excluding hydrogens is 352 g/mol. The molecule has 0 saturated heterocycles. The maximum absolute atomic E-state index is 12.4. The largest absolute Gasteiger partial charge is 0.419 e. The van der Waals surface area contributed by atoms with Gasteiger partial charge in [-0.3, -0.25) is 9.36 Å². The fourth-order valence-electron chi connectivity index (χ4n) is 3.64. The van der Waals surface area contributed by atoms with Gasteiger partial charge in [-0.15, -0.1) is 0 Å². The molecule has 1 atom stereocenters. The van der Waals surface area contributed by atoms with Crippen LogP contribution in [0, 0.1) is 0 Å². The number of carbonyl (C=O) groups excluding carboxylic acids is 1. The van der Waals surface area contributed by atoms with Crippen molar-refractivity contribution < 1.29 is 9.21 Å². The van der Waals surface area contributed by atoms with Gasteiger partial charge >= 0.3 is 5.76 Å². The van der Waals surface area contributed by atoms with E-state index < -0.39 is 0 Å². The van der Waals surface area contributed by atoms with Crippen molar-refractivity contribution in [2.24, 2.45) is 0 Å². The Labute approximate surface area is 162 Å². The number of hydrogen-bond acceptors (Lipinski definition) is 3. The number of oxazole rings is 1. The highest BCUT2D eigenvalue weighted by atomic mass is 16.4. The van der Waals surface area contributed by atoms with Crippen molar-refractivity contribution in [3.8, 4) is 0 Å². The third kappa shape index (κ3) is 3.56. The number of nitrogens with zero attached hydrogens (tertiary/aromatic N) is 1. The Bertz CT molecular complexity index is 1180. The standard InChI is InChI=1S/C23H22N2O3/c1-16(18-11-6-9-17-8-2-3-10-19(17)18)24-22(26)14-7-15-25-20-12-4-5-13-21(20)28-23(25)27/h2-6,8-13,16H,7,14-15H2,1H3,(H,24,26)/t16-/m0/s1. The van der Waals surface area contributed by atoms with Gasteiger partial charge in [0.25, 0.3) is 0 Å². The molecule has 1 heterocycles. The van der Waals surface area contributed by atoms with Gasteiger partial charge in [0.05, 0.1) is 11.6 Å². The number of nitrogens with one attached hydrogen (secondary N) is 1. The van der Waals surface area contributed by atoms with Gasteiger partial charge in [0.1, 0.15) is 0 Å². The van der Waals surface area contributed by atoms with Crippen LogP contribution in [0.3, 0.4) is 0 Å². The van der Waals surface area contributed by atoms with Crippen LogP contribution in [0.25, 0.3) is 21.9 Å². The van der Waals surface area contributed by atoms with E-state index in [1.165, 1.54) is 0 Å². The van der Waals surface area contributed by atoms with E-state index >= 15 is 0 Å². The smallest absolute Gasteiger partial charge is 0.408 e. The van der Waals surface area contributed by atoms with Crippen molar-refractivity contribution in [3.05, 3.63) is 82.8 Å². The van der Waals surface area contributed by atoms with Crippen LogP contribution in [0.1, 0.15) is 31.4 Å². The molecule has 0 bridgehead atoms. The Morgan fingerprint density at radius 2 is 1.79 bits per heavy atom. The highest BCUT2D eigenvalue weighted by Crippen LogP contribution is 2.24. The summed E-state index contributed by atoms with van der Waals surface area (Å²) in [5, 5.41) is 5.38. The van der Waals surface area contributed by atoms with Gasteiger partial charge in [-0.1, -0.05) is 54.6 Å². The molecule has 0 aliphatic rings. The molecular formula is C23H22N2O3. The van der Waals surface area contributed by atoms with Crippen LogP contribution in [0.15, 0.2) is 75.9 Å². The number of benzene rings is 3. The zero-order valence-corrected chi connectivity index (χ0v) is 15.7. The summed E-state index contributed by atoms with van der Waals surface area (Å²) in [6.45, 7) is 2.44. The average Bonchev–Trinajstić information content (AvgIpc) is 3.03. The van der Waals surface area contributed by atoms with Crippen molar-refractivity contribution in [1.29, 1.82) is 0 Å². The van der Waals surface area contributed by atoms with Crippen molar-refractivity contribution >= 4 is 27.8 Å². The Hall–Kier alpha value is -3.34. The van der Waals surface area contributed by atoms with Gasteiger partial charge in [0, 0.05) is 13.0 Å². The number of rotatable bonds is 6. The summed E-state index contributed by atoms with van der Waals surface area (Å²) >= 11 is 0. The lowest BCUT2D eigenvalue weighted by Crippen LogP contribution is -2.27. The van der Waals surface area contributed by atoms with Gasteiger partial charge in [0.15, 0.2) is 5.58 Å². The Kier molecular flexibility index (Phi) is 4.98. The third-order valence-corrected chi connectivity index (χ3v) is 5.03. The molecule has 5 nitrogen and oxygen atoms in total. The molecule has 3 aromatic carbocycles. The maximum atomic E-state index is 12.4. The van der Waals surface area contributed by atoms with Gasteiger partial charge in [-0.2, -0.15) is 0 Å². The van der Waals surface area contributed by atoms with Crippen LogP contribution in [0.5, 0.6) is 0 Å². The Morgan fingerprint density at radius 1 is 1.04 bits per heavy atom. The molecule has 28 heavy (non-hydrogen) atoms. The number of fused-ring (bicyclic) bond motifs is 2. The summed E-state index contributed by atoms with van der Waals surface area (Å²) in [6.07, 6.45) is 0.915. The first kappa shape index (κ1) is 18.0. The number of aromatic nitrogens is 1. The Balaban J connectivity index is 1.39. The topological polar surface area (TPSA) is 64.2 Å². The third-order valence-electron chi connectivity index (χ3n) is 5.03. The van der Waals surface area contributed by atoms with Gasteiger partial charge in [-0.05, 0) is 41.8 Å². The molecule has 0 aliphatic heterocycles. The lowest BCUT2D eigenvalue weighted by molar-refractivity contribution is -0.121. The molecule has 1 N–H and O–H groups in total. The molecule has 1 amide bonds. The lowest BCUT2D eigenvalue weighted by atomic mass is 9.99. The molecule has 0 spiro atoms. The molecule has 0 unspecified atom stereocenters. The summed E-state index contributed by atoms with van der Waals surface area (Å²) in [7, 11) is 0. The minimum Gasteiger partial charge on any atom is -0.408 e. The summed E-state index contributed by atoms with van der Waals surface area (Å²) < 4.78 is 6.81. The molecule has 5 heteroatoms. The second-order valence-electron chi connectivity index (χ2n) is 6.95. The van der Waals surface area contributed by atoms with E-state index in [2.05, 4.69) is 23.5 Å². The van der Waals surface area contributed by atoms with Crippen LogP contribution in [0.4, 0.5) is 0 Å². The average molecular weight is 374 g/mol. The highest BCUT2D eigenvalue weighted by Gasteiger charge is 2.13. The first-order valence-electron chi connectivity index (χ1n) is 9.49. The Morgan fingerprint density at radius 3 is 2.68 bits per heavy atom. The van der Waals surface area contributed by atoms with Crippen LogP contribution >= 0.6 is 0 Å². The second kappa shape index (κ2) is 7.72. The van der Waals surface area contributed by atoms with Crippen LogP contribution < -0.4 is 11.1 Å². The summed E-state index contributed by atoms with van der Waals surface area (Å²) in [5.41, 5.74) is 2.43. The minimum absolute atomic E-state index is 0.0266. The molecule has 4 aromatic rings. The number of aryl methyl sites for hydroxylation is 1. The van der Waals surface area contributed by atoms with Crippen LogP contribution in [-0.4, -0.2) is 10.5 Å². The van der Waals surface area contributed by atoms with E-state index in [4.69, 9.17) is 4.42 Å². The van der Waals surface area contributed by atoms with E-state index in [1.807, 2.05) is 49.4 Å². The number of hydrogen-bond donors (Lipinski definition) is 1. The molecule has 4 rings (SSSR count). The predicted molar refractivity (Wildman–Crippen MR) is 110 cm³/mol. The fourth-order valence-corrected chi connectivity index (χ4v) is 3.64. The zero-order chi connectivity index (χ0) is 19.5. The molecule has 0 radical (unpaired) electrons. The predicted octanol–water partition coefficient (Wildman–Crippen LogP) is 4.41. The van der Waals surface area contributed by atoms with E-state index in [9.17, 15) is 9.59 Å². The number of amides is 1. The van der Waals surface area contributed by atoms with Crippen molar-refractivity contribution in [3.63, 3.8) is 0 Å². The van der Waals surface area contributed by atoms with E-state index in [0.29, 0.717) is 25.0 Å². The summed E-state index contributed by atoms with van der Waals surface area (Å²) in [5.74, 6) is -0.410. The lowest BCUT2D eigenvalue weighted by Gasteiger charge is -2.16. The van der Waals surface area contributed by atoms with E-state index in [-0.39, 0.29) is 17.7 Å². The quantitative estimate of drug-likeness (QED) is 0.544. The van der Waals surface area contributed by atoms with Crippen molar-refractivity contribution in [1.82, 2.24) is 9.88 Å². The summed E-state index contributed by atoms with van der Waals surface area (Å²) in [6, 6.07) is 21.5. The van der Waals surface area contributed by atoms with E-state index in [0.717, 1.165) is 21.9 Å². The molecule has 142 valence electrons. The monoisotopic (exact) mass is 374 g/mol. The van der Waals surface area contributed by atoms with Gasteiger partial charge < -0.3 is 9.73 Å².